The molecule has 3 rings (SSSR count). The number of furan rings is 1. The predicted octanol–water partition coefficient (Wildman–Crippen LogP) is 3.93. The van der Waals surface area contributed by atoms with Crippen LogP contribution in [-0.4, -0.2) is 6.61 Å². The molecule has 0 aliphatic carbocycles. The lowest BCUT2D eigenvalue weighted by molar-refractivity contribution is 0.288. The Hall–Kier alpha value is -1.41. The number of benzene rings is 1. The van der Waals surface area contributed by atoms with Gasteiger partial charge in [-0.25, -0.2) is 0 Å². The van der Waals surface area contributed by atoms with Crippen LogP contribution in [0.1, 0.15) is 28.5 Å². The lowest BCUT2D eigenvalue weighted by atomic mass is 10.00. The highest BCUT2D eigenvalue weighted by molar-refractivity contribution is 6.22. The number of hydrogen-bond donors (Lipinski definition) is 0. The molecule has 0 saturated carbocycles. The van der Waals surface area contributed by atoms with Gasteiger partial charge in [-0.1, -0.05) is 12.1 Å². The fourth-order valence-electron chi connectivity index (χ4n) is 2.15. The molecule has 17 heavy (non-hydrogen) atoms. The molecular formula is C14H13ClO2. The molecule has 0 amide bonds. The number of hydrogen-bond acceptors (Lipinski definition) is 2. The van der Waals surface area contributed by atoms with Crippen LogP contribution in [-0.2, 0) is 6.42 Å². The maximum Gasteiger partial charge on any atom is 0.122 e. The first-order valence-electron chi connectivity index (χ1n) is 5.76. The minimum absolute atomic E-state index is 0.152. The maximum absolute atomic E-state index is 6.41. The molecule has 2 heterocycles. The van der Waals surface area contributed by atoms with Crippen molar-refractivity contribution < 1.29 is 9.15 Å². The van der Waals surface area contributed by atoms with Crippen LogP contribution < -0.4 is 4.74 Å². The fourth-order valence-corrected chi connectivity index (χ4v) is 2.41. The third-order valence-corrected chi connectivity index (χ3v) is 3.57. The third-order valence-electron chi connectivity index (χ3n) is 3.06. The van der Waals surface area contributed by atoms with E-state index < -0.39 is 0 Å². The van der Waals surface area contributed by atoms with Crippen molar-refractivity contribution in [2.45, 2.75) is 18.2 Å². The topological polar surface area (TPSA) is 22.4 Å². The number of aryl methyl sites for hydroxylation is 1. The van der Waals surface area contributed by atoms with Gasteiger partial charge in [-0.05, 0) is 36.1 Å². The Morgan fingerprint density at radius 1 is 1.18 bits per heavy atom. The standard InChI is InChI=1S/C14H13ClO2/c15-14(12-5-7-16-9-12)11-3-4-13-10(8-11)2-1-6-17-13/h3-5,7-9,14H,1-2,6H2. The van der Waals surface area contributed by atoms with Crippen LogP contribution >= 0.6 is 11.6 Å². The molecule has 0 N–H and O–H groups in total. The molecule has 0 bridgehead atoms. The van der Waals surface area contributed by atoms with Gasteiger partial charge in [0.15, 0.2) is 0 Å². The predicted molar refractivity (Wildman–Crippen MR) is 66.7 cm³/mol. The molecule has 0 spiro atoms. The van der Waals surface area contributed by atoms with Gasteiger partial charge in [-0.15, -0.1) is 11.6 Å². The van der Waals surface area contributed by atoms with Crippen LogP contribution in [0.3, 0.4) is 0 Å². The summed E-state index contributed by atoms with van der Waals surface area (Å²) in [6, 6.07) is 8.07. The van der Waals surface area contributed by atoms with Gasteiger partial charge in [0.25, 0.3) is 0 Å². The summed E-state index contributed by atoms with van der Waals surface area (Å²) in [4.78, 5) is 0. The molecule has 2 aromatic rings. The van der Waals surface area contributed by atoms with Crippen molar-refractivity contribution in [3.8, 4) is 5.75 Å². The van der Waals surface area contributed by atoms with Crippen molar-refractivity contribution in [3.05, 3.63) is 53.5 Å². The van der Waals surface area contributed by atoms with Crippen molar-refractivity contribution in [1.82, 2.24) is 0 Å². The summed E-state index contributed by atoms with van der Waals surface area (Å²) >= 11 is 6.41. The largest absolute Gasteiger partial charge is 0.493 e. The minimum Gasteiger partial charge on any atom is -0.493 e. The molecule has 3 heteroatoms. The van der Waals surface area contributed by atoms with E-state index in [9.17, 15) is 0 Å². The molecule has 1 aromatic heterocycles. The molecule has 1 unspecified atom stereocenters. The molecular weight excluding hydrogens is 236 g/mol. The lowest BCUT2D eigenvalue weighted by Gasteiger charge is -2.19. The first-order chi connectivity index (χ1) is 8.34. The molecule has 1 aliphatic heterocycles. The smallest absolute Gasteiger partial charge is 0.122 e. The van der Waals surface area contributed by atoms with Crippen molar-refractivity contribution in [2.75, 3.05) is 6.61 Å². The Balaban J connectivity index is 1.93. The Bertz CT molecular complexity index is 505. The number of halogens is 1. The number of alkyl halides is 1. The summed E-state index contributed by atoms with van der Waals surface area (Å²) in [5, 5.41) is -0.152. The molecule has 1 aromatic carbocycles. The Morgan fingerprint density at radius 2 is 2.12 bits per heavy atom. The average molecular weight is 249 g/mol. The quantitative estimate of drug-likeness (QED) is 0.752. The van der Waals surface area contributed by atoms with Crippen molar-refractivity contribution in [2.24, 2.45) is 0 Å². The van der Waals surface area contributed by atoms with Gasteiger partial charge in [-0.3, -0.25) is 0 Å². The Morgan fingerprint density at radius 3 is 2.94 bits per heavy atom. The molecule has 88 valence electrons. The zero-order valence-electron chi connectivity index (χ0n) is 9.36. The van der Waals surface area contributed by atoms with E-state index in [-0.39, 0.29) is 5.38 Å². The van der Waals surface area contributed by atoms with Gasteiger partial charge in [0.2, 0.25) is 0 Å². The summed E-state index contributed by atoms with van der Waals surface area (Å²) in [6.45, 7) is 0.818. The van der Waals surface area contributed by atoms with Crippen molar-refractivity contribution in [3.63, 3.8) is 0 Å². The Labute approximate surface area is 105 Å². The zero-order valence-corrected chi connectivity index (χ0v) is 10.1. The second-order valence-corrected chi connectivity index (χ2v) is 4.67. The van der Waals surface area contributed by atoms with Crippen LogP contribution in [0, 0.1) is 0 Å². The zero-order chi connectivity index (χ0) is 11.7. The normalized spacial score (nSPS) is 16.1. The fraction of sp³-hybridized carbons (Fsp3) is 0.286. The molecule has 1 aliphatic rings. The van der Waals surface area contributed by atoms with Crippen LogP contribution in [0.5, 0.6) is 5.75 Å². The first-order valence-corrected chi connectivity index (χ1v) is 6.20. The second kappa shape index (κ2) is 4.46. The van der Waals surface area contributed by atoms with E-state index in [1.807, 2.05) is 18.2 Å². The summed E-state index contributed by atoms with van der Waals surface area (Å²) in [7, 11) is 0. The van der Waals surface area contributed by atoms with Gasteiger partial charge < -0.3 is 9.15 Å². The van der Waals surface area contributed by atoms with E-state index in [0.29, 0.717) is 0 Å². The SMILES string of the molecule is ClC(c1ccoc1)c1ccc2c(c1)CCCO2. The summed E-state index contributed by atoms with van der Waals surface area (Å²) in [6.07, 6.45) is 5.48. The van der Waals surface area contributed by atoms with Crippen LogP contribution in [0.15, 0.2) is 41.2 Å². The molecule has 1 atom stereocenters. The van der Waals surface area contributed by atoms with E-state index in [1.54, 1.807) is 12.5 Å². The first kappa shape index (κ1) is 10.7. The molecule has 0 saturated heterocycles. The summed E-state index contributed by atoms with van der Waals surface area (Å²) < 4.78 is 10.6. The highest BCUT2D eigenvalue weighted by Crippen LogP contribution is 2.33. The lowest BCUT2D eigenvalue weighted by Crippen LogP contribution is -2.08. The van der Waals surface area contributed by atoms with Crippen LogP contribution in [0.2, 0.25) is 0 Å². The summed E-state index contributed by atoms with van der Waals surface area (Å²) in [5.74, 6) is 0.996. The summed E-state index contributed by atoms with van der Waals surface area (Å²) in [5.41, 5.74) is 3.34. The molecule has 0 radical (unpaired) electrons. The van der Waals surface area contributed by atoms with E-state index in [2.05, 4.69) is 6.07 Å². The van der Waals surface area contributed by atoms with Gasteiger partial charge in [0.1, 0.15) is 5.75 Å². The van der Waals surface area contributed by atoms with E-state index in [1.165, 1.54) is 5.56 Å². The van der Waals surface area contributed by atoms with Gasteiger partial charge in [0.05, 0.1) is 24.5 Å². The monoisotopic (exact) mass is 248 g/mol. The minimum atomic E-state index is -0.152. The van der Waals surface area contributed by atoms with Gasteiger partial charge in [-0.2, -0.15) is 0 Å². The Kier molecular flexibility index (Phi) is 2.81. The number of rotatable bonds is 2. The highest BCUT2D eigenvalue weighted by Gasteiger charge is 2.16. The number of ether oxygens (including phenoxy) is 1. The molecule has 0 fully saturated rings. The second-order valence-electron chi connectivity index (χ2n) is 4.24. The van der Waals surface area contributed by atoms with Gasteiger partial charge in [0, 0.05) is 5.56 Å². The van der Waals surface area contributed by atoms with Crippen LogP contribution in [0.25, 0.3) is 0 Å². The van der Waals surface area contributed by atoms with Crippen molar-refractivity contribution in [1.29, 1.82) is 0 Å². The van der Waals surface area contributed by atoms with E-state index in [0.717, 1.165) is 36.3 Å². The number of fused-ring (bicyclic) bond motifs is 1. The van der Waals surface area contributed by atoms with Crippen molar-refractivity contribution >= 4 is 11.6 Å². The third kappa shape index (κ3) is 2.05. The van der Waals surface area contributed by atoms with E-state index in [4.69, 9.17) is 20.8 Å². The average Bonchev–Trinajstić information content (AvgIpc) is 2.91. The molecule has 2 nitrogen and oxygen atoms in total. The van der Waals surface area contributed by atoms with Gasteiger partial charge >= 0.3 is 0 Å². The van der Waals surface area contributed by atoms with E-state index >= 15 is 0 Å². The highest BCUT2D eigenvalue weighted by atomic mass is 35.5. The maximum atomic E-state index is 6.41. The van der Waals surface area contributed by atoms with Crippen LogP contribution in [0.4, 0.5) is 0 Å².